The minimum absolute atomic E-state index is 0.201. The Kier molecular flexibility index (Phi) is 6.90. The summed E-state index contributed by atoms with van der Waals surface area (Å²) >= 11 is 2.11. The highest BCUT2D eigenvalue weighted by atomic mass is 127. The maximum absolute atomic E-state index is 11.7. The lowest BCUT2D eigenvalue weighted by Crippen LogP contribution is -2.25. The molecule has 9 nitrogen and oxygen atoms in total. The van der Waals surface area contributed by atoms with Gasteiger partial charge in [-0.05, 0) is 58.9 Å². The van der Waals surface area contributed by atoms with E-state index in [1.165, 1.54) is 19.3 Å². The smallest absolute Gasteiger partial charge is 0.357 e. The van der Waals surface area contributed by atoms with Gasteiger partial charge in [-0.1, -0.05) is 35.9 Å². The molecule has 0 spiro atoms. The quantitative estimate of drug-likeness (QED) is 0.270. The van der Waals surface area contributed by atoms with Crippen LogP contribution in [0.15, 0.2) is 46.0 Å². The molecule has 0 aliphatic heterocycles. The van der Waals surface area contributed by atoms with Gasteiger partial charge in [-0.2, -0.15) is 0 Å². The average molecular weight is 535 g/mol. The molecule has 0 bridgehead atoms. The number of ether oxygens (including phenoxy) is 2. The molecule has 1 heterocycles. The molecule has 0 saturated heterocycles. The Balaban J connectivity index is 1.90. The van der Waals surface area contributed by atoms with E-state index in [4.69, 9.17) is 9.47 Å². The Hall–Kier alpha value is -3.41. The van der Waals surface area contributed by atoms with Crippen LogP contribution in [0.1, 0.15) is 22.4 Å². The molecule has 3 aromatic rings. The highest BCUT2D eigenvalue weighted by molar-refractivity contribution is 14.1. The van der Waals surface area contributed by atoms with E-state index in [0.29, 0.717) is 23.7 Å². The van der Waals surface area contributed by atoms with Crippen LogP contribution in [0, 0.1) is 20.6 Å². The van der Waals surface area contributed by atoms with E-state index in [9.17, 15) is 19.7 Å². The van der Waals surface area contributed by atoms with E-state index in [2.05, 4.69) is 27.6 Å². The van der Waals surface area contributed by atoms with Crippen molar-refractivity contribution in [3.05, 3.63) is 93.3 Å². The van der Waals surface area contributed by atoms with E-state index in [1.54, 1.807) is 12.1 Å². The molecule has 0 saturated carbocycles. The van der Waals surface area contributed by atoms with Gasteiger partial charge in [0.2, 0.25) is 0 Å². The average Bonchev–Trinajstić information content (AvgIpc) is 2.71. The summed E-state index contributed by atoms with van der Waals surface area (Å²) in [5, 5.41) is 11.2. The monoisotopic (exact) mass is 535 g/mol. The molecule has 0 amide bonds. The lowest BCUT2D eigenvalue weighted by Gasteiger charge is -2.14. The molecule has 0 aliphatic carbocycles. The van der Waals surface area contributed by atoms with E-state index in [1.807, 2.05) is 36.2 Å². The van der Waals surface area contributed by atoms with Crippen molar-refractivity contribution < 1.29 is 14.4 Å². The summed E-state index contributed by atoms with van der Waals surface area (Å²) < 4.78 is 12.1. The molecule has 160 valence electrons. The largest absolute Gasteiger partial charge is 0.493 e. The number of H-pyrrole nitrogens is 2. The second-order valence-corrected chi connectivity index (χ2v) is 7.73. The van der Waals surface area contributed by atoms with Gasteiger partial charge in [0.15, 0.2) is 11.5 Å². The molecular weight excluding hydrogens is 517 g/mol. The van der Waals surface area contributed by atoms with Crippen molar-refractivity contribution >= 4 is 40.4 Å². The Morgan fingerprint density at radius 1 is 1.13 bits per heavy atom. The molecule has 3 rings (SSSR count). The van der Waals surface area contributed by atoms with Crippen LogP contribution in [-0.2, 0) is 6.61 Å². The first-order chi connectivity index (χ1) is 14.8. The normalized spacial score (nSPS) is 10.9. The SMILES string of the molecule is COc1cc(/C=C/c2[nH]c(=O)[nH]c(=O)c2[N+](=O)[O-])cc(I)c1OCc1ccc(C)cc1. The standard InChI is InChI=1S/C21H18IN3O6/c1-12-3-5-13(6-4-12)11-31-19-15(22)9-14(10-17(19)30-2)7-8-16-18(25(28)29)20(26)24-21(27)23-16/h3-10H,11H2,1-2H3,(H2,23,24,26,27)/b8-7+. The van der Waals surface area contributed by atoms with Crippen LogP contribution in [0.3, 0.4) is 0 Å². The molecule has 0 atom stereocenters. The second kappa shape index (κ2) is 9.60. The molecule has 0 fully saturated rings. The predicted molar refractivity (Wildman–Crippen MR) is 124 cm³/mol. The lowest BCUT2D eigenvalue weighted by atomic mass is 10.1. The van der Waals surface area contributed by atoms with Crippen LogP contribution >= 0.6 is 22.6 Å². The van der Waals surface area contributed by atoms with Gasteiger partial charge < -0.3 is 14.5 Å². The molecule has 1 aromatic heterocycles. The Morgan fingerprint density at radius 2 is 1.84 bits per heavy atom. The number of methoxy groups -OCH3 is 1. The number of nitrogens with zero attached hydrogens (tertiary/aromatic N) is 1. The zero-order valence-electron chi connectivity index (χ0n) is 16.6. The first-order valence-corrected chi connectivity index (χ1v) is 10.1. The third kappa shape index (κ3) is 5.40. The fourth-order valence-electron chi connectivity index (χ4n) is 2.79. The number of aryl methyl sites for hydroxylation is 1. The highest BCUT2D eigenvalue weighted by Crippen LogP contribution is 2.35. The van der Waals surface area contributed by atoms with Crippen LogP contribution in [0.5, 0.6) is 11.5 Å². The summed E-state index contributed by atoms with van der Waals surface area (Å²) in [6.07, 6.45) is 2.83. The summed E-state index contributed by atoms with van der Waals surface area (Å²) in [6, 6.07) is 11.5. The molecular formula is C21H18IN3O6. The number of nitro groups is 1. The summed E-state index contributed by atoms with van der Waals surface area (Å²) in [5.74, 6) is 1.05. The summed E-state index contributed by atoms with van der Waals surface area (Å²) in [5.41, 5.74) is -0.0305. The summed E-state index contributed by atoms with van der Waals surface area (Å²) in [4.78, 5) is 37.7. The highest BCUT2D eigenvalue weighted by Gasteiger charge is 2.19. The topological polar surface area (TPSA) is 127 Å². The Labute approximate surface area is 190 Å². The molecule has 0 radical (unpaired) electrons. The van der Waals surface area contributed by atoms with Gasteiger partial charge in [0.25, 0.3) is 0 Å². The van der Waals surface area contributed by atoms with E-state index in [-0.39, 0.29) is 5.69 Å². The number of rotatable bonds is 7. The Bertz CT molecular complexity index is 1260. The van der Waals surface area contributed by atoms with Gasteiger partial charge in [-0.15, -0.1) is 0 Å². The van der Waals surface area contributed by atoms with Crippen LogP contribution in [0.25, 0.3) is 12.2 Å². The predicted octanol–water partition coefficient (Wildman–Crippen LogP) is 3.64. The molecule has 31 heavy (non-hydrogen) atoms. The zero-order valence-corrected chi connectivity index (χ0v) is 18.8. The van der Waals surface area contributed by atoms with Crippen LogP contribution in [0.4, 0.5) is 5.69 Å². The molecule has 0 unspecified atom stereocenters. The van der Waals surface area contributed by atoms with E-state index in [0.717, 1.165) is 14.7 Å². The number of aromatic nitrogens is 2. The first kappa shape index (κ1) is 22.3. The maximum atomic E-state index is 11.7. The van der Waals surface area contributed by atoms with Crippen molar-refractivity contribution in [1.82, 2.24) is 9.97 Å². The third-order valence-corrected chi connectivity index (χ3v) is 5.13. The Morgan fingerprint density at radius 3 is 2.48 bits per heavy atom. The minimum atomic E-state index is -1.07. The van der Waals surface area contributed by atoms with E-state index >= 15 is 0 Å². The molecule has 0 aliphatic rings. The third-order valence-electron chi connectivity index (χ3n) is 4.33. The fourth-order valence-corrected chi connectivity index (χ4v) is 3.58. The van der Waals surface area contributed by atoms with Crippen molar-refractivity contribution in [2.45, 2.75) is 13.5 Å². The number of hydrogen-bond donors (Lipinski definition) is 2. The van der Waals surface area contributed by atoms with Crippen LogP contribution in [0.2, 0.25) is 0 Å². The van der Waals surface area contributed by atoms with Crippen LogP contribution in [-0.4, -0.2) is 22.0 Å². The van der Waals surface area contributed by atoms with Gasteiger partial charge in [0.1, 0.15) is 12.3 Å². The maximum Gasteiger partial charge on any atom is 0.357 e. The van der Waals surface area contributed by atoms with Gasteiger partial charge in [-0.3, -0.25) is 19.9 Å². The zero-order chi connectivity index (χ0) is 22.5. The van der Waals surface area contributed by atoms with E-state index < -0.39 is 21.9 Å². The number of nitrogens with one attached hydrogen (secondary N) is 2. The summed E-state index contributed by atoms with van der Waals surface area (Å²) in [6.45, 7) is 2.38. The van der Waals surface area contributed by atoms with Crippen molar-refractivity contribution in [1.29, 1.82) is 0 Å². The number of hydrogen-bond acceptors (Lipinski definition) is 6. The second-order valence-electron chi connectivity index (χ2n) is 6.57. The first-order valence-electron chi connectivity index (χ1n) is 9.03. The van der Waals surface area contributed by atoms with Crippen molar-refractivity contribution in [3.63, 3.8) is 0 Å². The molecule has 10 heteroatoms. The van der Waals surface area contributed by atoms with Crippen molar-refractivity contribution in [2.75, 3.05) is 7.11 Å². The lowest BCUT2D eigenvalue weighted by molar-refractivity contribution is -0.386. The number of aromatic amines is 2. The number of halogens is 1. The minimum Gasteiger partial charge on any atom is -0.493 e. The van der Waals surface area contributed by atoms with Gasteiger partial charge >= 0.3 is 16.9 Å². The van der Waals surface area contributed by atoms with Gasteiger partial charge in [-0.25, -0.2) is 4.79 Å². The number of benzene rings is 2. The summed E-state index contributed by atoms with van der Waals surface area (Å²) in [7, 11) is 1.51. The van der Waals surface area contributed by atoms with Crippen molar-refractivity contribution in [2.24, 2.45) is 0 Å². The van der Waals surface area contributed by atoms with Gasteiger partial charge in [0.05, 0.1) is 15.6 Å². The van der Waals surface area contributed by atoms with Gasteiger partial charge in [0, 0.05) is 0 Å². The fraction of sp³-hybridized carbons (Fsp3) is 0.143. The molecule has 2 N–H and O–H groups in total. The van der Waals surface area contributed by atoms with Crippen molar-refractivity contribution in [3.8, 4) is 11.5 Å². The molecule has 2 aromatic carbocycles. The van der Waals surface area contributed by atoms with Crippen LogP contribution < -0.4 is 20.7 Å².